The average Bonchev–Trinajstić information content (AvgIpc) is 2.95. The number of hydrogen-bond donors (Lipinski definition) is 3. The predicted molar refractivity (Wildman–Crippen MR) is 122 cm³/mol. The van der Waals surface area contributed by atoms with Gasteiger partial charge in [0.25, 0.3) is 17.6 Å². The van der Waals surface area contributed by atoms with E-state index in [1.54, 1.807) is 25.5 Å². The van der Waals surface area contributed by atoms with Gasteiger partial charge in [0.1, 0.15) is 0 Å². The molecule has 4 aliphatic rings. The van der Waals surface area contributed by atoms with Crippen LogP contribution in [-0.4, -0.2) is 43.4 Å². The second kappa shape index (κ2) is 7.73. The fraction of sp³-hybridized carbons (Fsp3) is 0.520. The molecule has 2 amide bonds. The van der Waals surface area contributed by atoms with Crippen LogP contribution in [0.5, 0.6) is 0 Å². The van der Waals surface area contributed by atoms with Crippen LogP contribution in [0.25, 0.3) is 0 Å². The van der Waals surface area contributed by atoms with Crippen LogP contribution in [0, 0.1) is 31.6 Å². The van der Waals surface area contributed by atoms with Crippen molar-refractivity contribution in [2.24, 2.45) is 18.9 Å². The first kappa shape index (κ1) is 22.7. The molecule has 0 radical (unpaired) electrons. The highest BCUT2D eigenvalue weighted by atomic mass is 19.1. The van der Waals surface area contributed by atoms with Gasteiger partial charge in [0.05, 0.1) is 28.7 Å². The van der Waals surface area contributed by atoms with Crippen LogP contribution in [0.3, 0.4) is 0 Å². The van der Waals surface area contributed by atoms with Gasteiger partial charge < -0.3 is 20.3 Å². The summed E-state index contributed by atoms with van der Waals surface area (Å²) < 4.78 is 14.6. The van der Waals surface area contributed by atoms with Crippen molar-refractivity contribution < 1.29 is 23.9 Å². The molecule has 2 heterocycles. The Kier molecular flexibility index (Phi) is 5.16. The van der Waals surface area contributed by atoms with Gasteiger partial charge in [0.15, 0.2) is 0 Å². The van der Waals surface area contributed by atoms with Gasteiger partial charge in [-0.1, -0.05) is 0 Å². The Morgan fingerprint density at radius 2 is 1.82 bits per heavy atom. The summed E-state index contributed by atoms with van der Waals surface area (Å²) in [6.07, 6.45) is 5.88. The number of Topliss-reactive ketones (excluding diaryl/α,β-unsaturated/α-hetero) is 1. The highest BCUT2D eigenvalue weighted by Gasteiger charge is 2.58. The van der Waals surface area contributed by atoms with Gasteiger partial charge in [-0.3, -0.25) is 14.4 Å². The Morgan fingerprint density at radius 1 is 1.15 bits per heavy atom. The minimum Gasteiger partial charge on any atom is -0.390 e. The molecule has 180 valence electrons. The maximum atomic E-state index is 13.3. The summed E-state index contributed by atoms with van der Waals surface area (Å²) in [6, 6.07) is 2.54. The van der Waals surface area contributed by atoms with E-state index >= 15 is 0 Å². The van der Waals surface area contributed by atoms with Crippen LogP contribution in [-0.2, 0) is 11.8 Å². The zero-order valence-corrected chi connectivity index (χ0v) is 19.6. The number of hydrogen-bond acceptors (Lipinski definition) is 5. The molecule has 6 rings (SSSR count). The molecule has 2 aromatic rings. The number of ketones is 1. The summed E-state index contributed by atoms with van der Waals surface area (Å²) in [5, 5.41) is 16.6. The molecule has 2 atom stereocenters. The topological polar surface area (TPSA) is 113 Å². The zero-order valence-electron chi connectivity index (χ0n) is 19.6. The molecule has 0 spiro atoms. The van der Waals surface area contributed by atoms with Crippen molar-refractivity contribution >= 4 is 23.3 Å². The number of anilines is 1. The van der Waals surface area contributed by atoms with Crippen LogP contribution >= 0.6 is 0 Å². The number of nitrogens with zero attached hydrogens (tertiary/aromatic N) is 2. The number of halogens is 1. The molecule has 3 N–H and O–H groups in total. The molecule has 34 heavy (non-hydrogen) atoms. The van der Waals surface area contributed by atoms with Gasteiger partial charge in [-0.2, -0.15) is 4.39 Å². The van der Waals surface area contributed by atoms with Crippen molar-refractivity contribution in [1.29, 1.82) is 0 Å². The Morgan fingerprint density at radius 3 is 2.41 bits per heavy atom. The first-order valence-electron chi connectivity index (χ1n) is 11.7. The first-order valence-corrected chi connectivity index (χ1v) is 11.7. The minimum atomic E-state index is -0.752. The third-order valence-corrected chi connectivity index (χ3v) is 7.97. The van der Waals surface area contributed by atoms with Crippen LogP contribution in [0.2, 0.25) is 0 Å². The lowest BCUT2D eigenvalue weighted by Gasteiger charge is -2.60. The fourth-order valence-electron chi connectivity index (χ4n) is 7.04. The lowest BCUT2D eigenvalue weighted by molar-refractivity contribution is -0.149. The largest absolute Gasteiger partial charge is 0.390 e. The van der Waals surface area contributed by atoms with Crippen molar-refractivity contribution in [3.63, 3.8) is 0 Å². The average molecular weight is 469 g/mol. The zero-order chi connectivity index (χ0) is 24.4. The van der Waals surface area contributed by atoms with E-state index in [1.807, 2.05) is 0 Å². The Balaban J connectivity index is 1.37. The van der Waals surface area contributed by atoms with Gasteiger partial charge in [-0.05, 0) is 81.9 Å². The number of carbonyl (C=O) groups is 3. The summed E-state index contributed by atoms with van der Waals surface area (Å²) in [5.41, 5.74) is 0.392. The van der Waals surface area contributed by atoms with Gasteiger partial charge in [0, 0.05) is 18.3 Å². The number of nitrogens with one attached hydrogen (secondary N) is 2. The molecule has 0 aromatic carbocycles. The Labute approximate surface area is 196 Å². The van der Waals surface area contributed by atoms with Crippen molar-refractivity contribution in [2.75, 3.05) is 5.32 Å². The van der Waals surface area contributed by atoms with Crippen molar-refractivity contribution in [3.8, 4) is 0 Å². The second-order valence-electron chi connectivity index (χ2n) is 10.6. The molecule has 4 fully saturated rings. The molecule has 4 saturated carbocycles. The molecule has 9 heteroatoms. The number of aliphatic hydroxyl groups is 1. The lowest BCUT2D eigenvalue weighted by atomic mass is 9.51. The molecular weight excluding hydrogens is 439 g/mol. The minimum absolute atomic E-state index is 0.154. The highest BCUT2D eigenvalue weighted by Crippen LogP contribution is 2.57. The van der Waals surface area contributed by atoms with Crippen molar-refractivity contribution in [1.82, 2.24) is 14.9 Å². The van der Waals surface area contributed by atoms with E-state index in [4.69, 9.17) is 0 Å². The van der Waals surface area contributed by atoms with E-state index in [2.05, 4.69) is 15.6 Å². The number of carbonyl (C=O) groups excluding carboxylic acids is 3. The molecule has 0 aliphatic heterocycles. The van der Waals surface area contributed by atoms with Crippen LogP contribution in [0.4, 0.5) is 10.1 Å². The summed E-state index contributed by atoms with van der Waals surface area (Å²) in [5.74, 6) is -1.79. The smallest absolute Gasteiger partial charge is 0.294 e. The predicted octanol–water partition coefficient (Wildman–Crippen LogP) is 2.81. The van der Waals surface area contributed by atoms with E-state index < -0.39 is 34.7 Å². The molecule has 8 nitrogen and oxygen atoms in total. The highest BCUT2D eigenvalue weighted by molar-refractivity contribution is 6.43. The monoisotopic (exact) mass is 468 g/mol. The third-order valence-electron chi connectivity index (χ3n) is 7.97. The normalized spacial score (nSPS) is 29.2. The second-order valence-corrected chi connectivity index (χ2v) is 10.6. The Bertz CT molecular complexity index is 1190. The summed E-state index contributed by atoms with van der Waals surface area (Å²) in [7, 11) is 1.65. The Hall–Kier alpha value is -3.07. The van der Waals surface area contributed by atoms with Crippen LogP contribution in [0.1, 0.15) is 70.6 Å². The number of rotatable bonds is 5. The van der Waals surface area contributed by atoms with Crippen LogP contribution in [0.15, 0.2) is 18.3 Å². The van der Waals surface area contributed by atoms with E-state index in [0.717, 1.165) is 38.2 Å². The number of amides is 2. The van der Waals surface area contributed by atoms with Gasteiger partial charge >= 0.3 is 0 Å². The molecule has 2 aromatic heterocycles. The van der Waals surface area contributed by atoms with Gasteiger partial charge in [-0.25, -0.2) is 4.98 Å². The summed E-state index contributed by atoms with van der Waals surface area (Å²) in [4.78, 5) is 42.9. The third kappa shape index (κ3) is 3.72. The van der Waals surface area contributed by atoms with E-state index in [9.17, 15) is 23.9 Å². The van der Waals surface area contributed by atoms with Crippen LogP contribution < -0.4 is 10.6 Å². The maximum absolute atomic E-state index is 13.3. The molecular formula is C25H29FN4O4. The first-order chi connectivity index (χ1) is 16.0. The van der Waals surface area contributed by atoms with E-state index in [-0.39, 0.29) is 11.3 Å². The van der Waals surface area contributed by atoms with Crippen molar-refractivity contribution in [2.45, 2.75) is 63.5 Å². The number of pyridine rings is 1. The lowest BCUT2D eigenvalue weighted by Crippen LogP contribution is -2.66. The standard InChI is InChI=1S/C25H29FN4O4/c1-13-19(22(32)28-17-4-5-18(26)27-11-17)14(2)30(3)20(13)21(31)23(33)29-24-7-15-6-16(8-24)10-25(34,9-15)12-24/h4-5,11,15-16,34H,6-10,12H2,1-3H3,(H,28,32)(H,29,33). The summed E-state index contributed by atoms with van der Waals surface area (Å²) >= 11 is 0. The quantitative estimate of drug-likeness (QED) is 0.355. The molecule has 4 bridgehead atoms. The van der Waals surface area contributed by atoms with Gasteiger partial charge in [-0.15, -0.1) is 0 Å². The summed E-state index contributed by atoms with van der Waals surface area (Å²) in [6.45, 7) is 3.34. The molecule has 2 unspecified atom stereocenters. The maximum Gasteiger partial charge on any atom is 0.294 e. The van der Waals surface area contributed by atoms with Crippen molar-refractivity contribution in [3.05, 3.63) is 46.8 Å². The molecule has 4 aliphatic carbocycles. The SMILES string of the molecule is Cc1c(C(=O)Nc2ccc(F)nc2)c(C)n(C)c1C(=O)C(=O)NC12CC3CC(CC(O)(C3)C1)C2. The fourth-order valence-corrected chi connectivity index (χ4v) is 7.04. The van der Waals surface area contributed by atoms with Gasteiger partial charge in [0.2, 0.25) is 5.95 Å². The van der Waals surface area contributed by atoms with E-state index in [1.165, 1.54) is 12.3 Å². The molecule has 0 saturated heterocycles. The van der Waals surface area contributed by atoms with E-state index in [0.29, 0.717) is 35.2 Å². The number of aromatic nitrogens is 2.